The average molecular weight is 387 g/mol. The maximum Gasteiger partial charge on any atom is 0.352 e. The van der Waals surface area contributed by atoms with Gasteiger partial charge in [0, 0.05) is 11.3 Å². The number of rotatable bonds is 2. The average Bonchev–Trinajstić information content (AvgIpc) is 2.75. The fourth-order valence-corrected chi connectivity index (χ4v) is 4.46. The molecule has 3 aromatic rings. The van der Waals surface area contributed by atoms with Gasteiger partial charge in [-0.25, -0.2) is 4.79 Å². The smallest absolute Gasteiger partial charge is 0.265 e. The first kappa shape index (κ1) is 19.6. The van der Waals surface area contributed by atoms with Crippen LogP contribution in [-0.4, -0.2) is 9.55 Å². The third kappa shape index (κ3) is 4.67. The summed E-state index contributed by atoms with van der Waals surface area (Å²) in [4.78, 5) is 17.8. The molecule has 3 nitrogen and oxygen atoms in total. The van der Waals surface area contributed by atoms with Crippen LogP contribution in [0.4, 0.5) is 0 Å². The Bertz CT molecular complexity index is 977. The third-order valence-electron chi connectivity index (χ3n) is 5.95. The summed E-state index contributed by atoms with van der Waals surface area (Å²) in [6.07, 6.45) is 12.0. The molecule has 0 aliphatic heterocycles. The highest BCUT2D eigenvalue weighted by atomic mass is 16.1. The molecule has 29 heavy (non-hydrogen) atoms. The second kappa shape index (κ2) is 9.69. The van der Waals surface area contributed by atoms with E-state index in [0.29, 0.717) is 0 Å². The number of nitrogens with zero attached hydrogens (tertiary/aromatic N) is 2. The lowest BCUT2D eigenvalue weighted by molar-refractivity contribution is 0.552. The Balaban J connectivity index is 1.89. The third-order valence-corrected chi connectivity index (χ3v) is 5.95. The SMILES string of the molecule is O=c1nc(-c2ccccc2)c2c(n1-c1ccccc1)CCCCCCCCCC2. The van der Waals surface area contributed by atoms with E-state index in [2.05, 4.69) is 17.1 Å². The van der Waals surface area contributed by atoms with Gasteiger partial charge in [-0.3, -0.25) is 4.57 Å². The van der Waals surface area contributed by atoms with E-state index in [1.165, 1.54) is 44.1 Å². The Morgan fingerprint density at radius 2 is 1.21 bits per heavy atom. The minimum Gasteiger partial charge on any atom is -0.265 e. The van der Waals surface area contributed by atoms with Gasteiger partial charge >= 0.3 is 5.69 Å². The number of aromatic nitrogens is 2. The van der Waals surface area contributed by atoms with Crippen molar-refractivity contribution in [3.63, 3.8) is 0 Å². The van der Waals surface area contributed by atoms with Crippen molar-refractivity contribution in [2.75, 3.05) is 0 Å². The van der Waals surface area contributed by atoms with E-state index in [-0.39, 0.29) is 5.69 Å². The molecule has 3 heteroatoms. The Labute approximate surface area is 173 Å². The van der Waals surface area contributed by atoms with Gasteiger partial charge in [-0.05, 0) is 43.4 Å². The van der Waals surface area contributed by atoms with Crippen molar-refractivity contribution in [1.82, 2.24) is 9.55 Å². The molecule has 0 saturated carbocycles. The minimum atomic E-state index is -0.166. The summed E-state index contributed by atoms with van der Waals surface area (Å²) < 4.78 is 1.87. The van der Waals surface area contributed by atoms with Crippen molar-refractivity contribution < 1.29 is 0 Å². The van der Waals surface area contributed by atoms with Crippen LogP contribution in [0, 0.1) is 0 Å². The lowest BCUT2D eigenvalue weighted by Crippen LogP contribution is -2.27. The first-order chi connectivity index (χ1) is 14.3. The second-order valence-electron chi connectivity index (χ2n) is 8.03. The van der Waals surface area contributed by atoms with Crippen molar-refractivity contribution in [3.05, 3.63) is 82.4 Å². The van der Waals surface area contributed by atoms with Gasteiger partial charge in [0.25, 0.3) is 0 Å². The summed E-state index contributed by atoms with van der Waals surface area (Å²) in [5, 5.41) is 0. The lowest BCUT2D eigenvalue weighted by Gasteiger charge is -2.20. The van der Waals surface area contributed by atoms with Gasteiger partial charge in [0.15, 0.2) is 0 Å². The van der Waals surface area contributed by atoms with Crippen molar-refractivity contribution in [1.29, 1.82) is 0 Å². The number of benzene rings is 2. The monoisotopic (exact) mass is 386 g/mol. The zero-order chi connectivity index (χ0) is 19.9. The van der Waals surface area contributed by atoms with Crippen LogP contribution in [0.25, 0.3) is 16.9 Å². The van der Waals surface area contributed by atoms with Gasteiger partial charge < -0.3 is 0 Å². The van der Waals surface area contributed by atoms with Crippen LogP contribution in [0.1, 0.15) is 62.6 Å². The highest BCUT2D eigenvalue weighted by Gasteiger charge is 2.19. The quantitative estimate of drug-likeness (QED) is 0.532. The molecule has 0 spiro atoms. The van der Waals surface area contributed by atoms with E-state index in [1.54, 1.807) is 0 Å². The maximum atomic E-state index is 13.2. The topological polar surface area (TPSA) is 34.9 Å². The molecule has 4 rings (SSSR count). The molecule has 1 aromatic heterocycles. The summed E-state index contributed by atoms with van der Waals surface area (Å²) in [5.74, 6) is 0. The molecule has 2 aromatic carbocycles. The van der Waals surface area contributed by atoms with Crippen molar-refractivity contribution >= 4 is 0 Å². The van der Waals surface area contributed by atoms with E-state index < -0.39 is 0 Å². The first-order valence-corrected chi connectivity index (χ1v) is 11.1. The van der Waals surface area contributed by atoms with Crippen LogP contribution >= 0.6 is 0 Å². The Morgan fingerprint density at radius 3 is 1.86 bits per heavy atom. The number of para-hydroxylation sites is 1. The predicted molar refractivity (Wildman–Crippen MR) is 120 cm³/mol. The fourth-order valence-electron chi connectivity index (χ4n) is 4.46. The Hall–Kier alpha value is -2.68. The molecule has 150 valence electrons. The fraction of sp³-hybridized carbons (Fsp3) is 0.385. The largest absolute Gasteiger partial charge is 0.352 e. The summed E-state index contributed by atoms with van der Waals surface area (Å²) in [6, 6.07) is 20.2. The summed E-state index contributed by atoms with van der Waals surface area (Å²) in [7, 11) is 0. The van der Waals surface area contributed by atoms with E-state index in [1.807, 2.05) is 53.1 Å². The molecule has 0 N–H and O–H groups in total. The standard InChI is InChI=1S/C26H30N2O/c29-26-27-25(21-15-9-7-10-16-21)23-19-13-5-3-1-2-4-6-14-20-24(23)28(26)22-17-11-8-12-18-22/h7-12,15-18H,1-6,13-14,19-20H2. The molecular weight excluding hydrogens is 356 g/mol. The number of hydrogen-bond acceptors (Lipinski definition) is 2. The number of hydrogen-bond donors (Lipinski definition) is 0. The second-order valence-corrected chi connectivity index (χ2v) is 8.03. The van der Waals surface area contributed by atoms with E-state index in [0.717, 1.165) is 48.3 Å². The van der Waals surface area contributed by atoms with Gasteiger partial charge in [0.05, 0.1) is 11.4 Å². The van der Waals surface area contributed by atoms with Crippen molar-refractivity contribution in [2.45, 2.75) is 64.2 Å². The minimum absolute atomic E-state index is 0.166. The molecule has 0 atom stereocenters. The molecule has 0 bridgehead atoms. The number of fused-ring (bicyclic) bond motifs is 1. The maximum absolute atomic E-state index is 13.2. The van der Waals surface area contributed by atoms with Crippen molar-refractivity contribution in [3.8, 4) is 16.9 Å². The highest BCUT2D eigenvalue weighted by molar-refractivity contribution is 5.64. The van der Waals surface area contributed by atoms with Gasteiger partial charge in [-0.1, -0.05) is 87.1 Å². The van der Waals surface area contributed by atoms with E-state index in [9.17, 15) is 4.79 Å². The molecule has 1 aliphatic rings. The van der Waals surface area contributed by atoms with Gasteiger partial charge in [0.1, 0.15) is 0 Å². The van der Waals surface area contributed by atoms with Crippen LogP contribution in [0.3, 0.4) is 0 Å². The van der Waals surface area contributed by atoms with Crippen molar-refractivity contribution in [2.24, 2.45) is 0 Å². The first-order valence-electron chi connectivity index (χ1n) is 11.1. The molecule has 0 amide bonds. The van der Waals surface area contributed by atoms with Crippen LogP contribution in [-0.2, 0) is 12.8 Å². The van der Waals surface area contributed by atoms with Gasteiger partial charge in [0.2, 0.25) is 0 Å². The zero-order valence-corrected chi connectivity index (χ0v) is 17.1. The molecule has 0 unspecified atom stereocenters. The van der Waals surface area contributed by atoms with Crippen LogP contribution in [0.15, 0.2) is 65.5 Å². The van der Waals surface area contributed by atoms with Crippen LogP contribution < -0.4 is 5.69 Å². The summed E-state index contributed by atoms with van der Waals surface area (Å²) >= 11 is 0. The zero-order valence-electron chi connectivity index (χ0n) is 17.1. The predicted octanol–water partition coefficient (Wildman–Crippen LogP) is 6.12. The molecule has 1 aliphatic carbocycles. The summed E-state index contributed by atoms with van der Waals surface area (Å²) in [5.41, 5.74) is 5.12. The molecule has 0 fully saturated rings. The molecule has 1 heterocycles. The van der Waals surface area contributed by atoms with Gasteiger partial charge in [-0.2, -0.15) is 4.98 Å². The van der Waals surface area contributed by atoms with E-state index >= 15 is 0 Å². The highest BCUT2D eigenvalue weighted by Crippen LogP contribution is 2.28. The Kier molecular flexibility index (Phi) is 6.56. The van der Waals surface area contributed by atoms with E-state index in [4.69, 9.17) is 0 Å². The Morgan fingerprint density at radius 1 is 0.655 bits per heavy atom. The lowest BCUT2D eigenvalue weighted by atomic mass is 9.94. The molecular formula is C26H30N2O. The molecule has 0 saturated heterocycles. The molecule has 0 radical (unpaired) electrons. The normalized spacial score (nSPS) is 15.7. The summed E-state index contributed by atoms with van der Waals surface area (Å²) in [6.45, 7) is 0. The van der Waals surface area contributed by atoms with Crippen LogP contribution in [0.2, 0.25) is 0 Å². The van der Waals surface area contributed by atoms with Crippen LogP contribution in [0.5, 0.6) is 0 Å². The van der Waals surface area contributed by atoms with Gasteiger partial charge in [-0.15, -0.1) is 0 Å².